The first-order valence-electron chi connectivity index (χ1n) is 4.92. The third kappa shape index (κ3) is 2.79. The summed E-state index contributed by atoms with van der Waals surface area (Å²) in [7, 11) is -3.29. The highest BCUT2D eigenvalue weighted by atomic mass is 32.2. The van der Waals surface area contributed by atoms with E-state index in [0.717, 1.165) is 6.26 Å². The highest BCUT2D eigenvalue weighted by molar-refractivity contribution is 7.90. The largest absolute Gasteiger partial charge is 0.478 e. The van der Waals surface area contributed by atoms with Crippen molar-refractivity contribution >= 4 is 15.8 Å². The van der Waals surface area contributed by atoms with E-state index < -0.39 is 21.1 Å². The molecule has 0 radical (unpaired) electrons. The molecule has 0 aliphatic rings. The lowest BCUT2D eigenvalue weighted by atomic mass is 10.1. The van der Waals surface area contributed by atoms with Crippen LogP contribution in [0.1, 0.15) is 39.7 Å². The monoisotopic (exact) mass is 258 g/mol. The van der Waals surface area contributed by atoms with Crippen molar-refractivity contribution in [2.75, 3.05) is 6.26 Å². The van der Waals surface area contributed by atoms with Crippen LogP contribution in [-0.2, 0) is 9.84 Å². The lowest BCUT2D eigenvalue weighted by Gasteiger charge is -2.11. The summed E-state index contributed by atoms with van der Waals surface area (Å²) in [6, 6.07) is 0. The topological polar surface area (TPSA) is 97.2 Å². The van der Waals surface area contributed by atoms with Crippen LogP contribution in [-0.4, -0.2) is 35.7 Å². The van der Waals surface area contributed by atoms with Gasteiger partial charge in [0.2, 0.25) is 0 Å². The van der Waals surface area contributed by atoms with Gasteiger partial charge in [-0.3, -0.25) is 0 Å². The number of aryl methyl sites for hydroxylation is 2. The zero-order valence-corrected chi connectivity index (χ0v) is 10.9. The molecule has 1 rings (SSSR count). The van der Waals surface area contributed by atoms with E-state index >= 15 is 0 Å². The number of hydrogen-bond acceptors (Lipinski definition) is 5. The molecule has 0 bridgehead atoms. The predicted molar refractivity (Wildman–Crippen MR) is 61.7 cm³/mol. The maximum atomic E-state index is 11.4. The Hall–Kier alpha value is -1.50. The van der Waals surface area contributed by atoms with Gasteiger partial charge in [0.05, 0.1) is 11.4 Å². The normalized spacial score (nSPS) is 13.4. The number of hydrogen-bond donors (Lipinski definition) is 1. The van der Waals surface area contributed by atoms with Gasteiger partial charge in [0.15, 0.2) is 9.84 Å². The predicted octanol–water partition coefficient (Wildman–Crippen LogP) is 0.897. The number of aromatic nitrogens is 2. The van der Waals surface area contributed by atoms with Crippen LogP contribution in [0.4, 0.5) is 0 Å². The zero-order chi connectivity index (χ0) is 13.4. The van der Waals surface area contributed by atoms with E-state index in [1.54, 1.807) is 0 Å². The molecule has 94 valence electrons. The fraction of sp³-hybridized carbons (Fsp3) is 0.500. The Labute approximate surface area is 99.6 Å². The maximum Gasteiger partial charge on any atom is 0.339 e. The van der Waals surface area contributed by atoms with Gasteiger partial charge < -0.3 is 5.11 Å². The Morgan fingerprint density at radius 1 is 1.24 bits per heavy atom. The third-order valence-corrected chi connectivity index (χ3v) is 4.00. The van der Waals surface area contributed by atoms with Crippen molar-refractivity contribution in [2.24, 2.45) is 0 Å². The van der Waals surface area contributed by atoms with Crippen LogP contribution in [0.5, 0.6) is 0 Å². The van der Waals surface area contributed by atoms with Crippen molar-refractivity contribution in [1.29, 1.82) is 0 Å². The van der Waals surface area contributed by atoms with Gasteiger partial charge in [0.1, 0.15) is 16.6 Å². The summed E-state index contributed by atoms with van der Waals surface area (Å²) in [6.07, 6.45) is 1.09. The quantitative estimate of drug-likeness (QED) is 0.865. The Balaban J connectivity index is 3.38. The molecule has 1 heterocycles. The number of carbonyl (C=O) groups is 1. The number of carboxylic acid groups (broad SMARTS) is 1. The fourth-order valence-corrected chi connectivity index (χ4v) is 1.91. The summed E-state index contributed by atoms with van der Waals surface area (Å²) in [5, 5.41) is 8.09. The molecule has 1 aromatic heterocycles. The van der Waals surface area contributed by atoms with Crippen molar-refractivity contribution in [2.45, 2.75) is 26.0 Å². The van der Waals surface area contributed by atoms with Crippen LogP contribution in [0, 0.1) is 13.8 Å². The lowest BCUT2D eigenvalue weighted by molar-refractivity contribution is 0.0694. The molecule has 0 saturated heterocycles. The minimum atomic E-state index is -3.29. The Kier molecular flexibility index (Phi) is 3.51. The van der Waals surface area contributed by atoms with Crippen LogP contribution < -0.4 is 0 Å². The van der Waals surface area contributed by atoms with E-state index in [-0.39, 0.29) is 22.8 Å². The second kappa shape index (κ2) is 4.40. The van der Waals surface area contributed by atoms with E-state index in [0.29, 0.717) is 0 Å². The molecule has 0 aliphatic carbocycles. The van der Waals surface area contributed by atoms with Crippen LogP contribution >= 0.6 is 0 Å². The molecule has 0 fully saturated rings. The van der Waals surface area contributed by atoms with Gasteiger partial charge in [-0.25, -0.2) is 23.2 Å². The molecule has 0 amide bonds. The van der Waals surface area contributed by atoms with E-state index in [9.17, 15) is 13.2 Å². The van der Waals surface area contributed by atoms with Gasteiger partial charge in [-0.05, 0) is 20.8 Å². The van der Waals surface area contributed by atoms with Crippen molar-refractivity contribution in [3.05, 3.63) is 22.8 Å². The minimum Gasteiger partial charge on any atom is -0.478 e. The van der Waals surface area contributed by atoms with Gasteiger partial charge in [0, 0.05) is 6.26 Å². The molecular weight excluding hydrogens is 244 g/mol. The lowest BCUT2D eigenvalue weighted by Crippen LogP contribution is -2.16. The number of sulfone groups is 1. The van der Waals surface area contributed by atoms with Crippen LogP contribution in [0.2, 0.25) is 0 Å². The average molecular weight is 258 g/mol. The first-order chi connectivity index (χ1) is 7.64. The number of carboxylic acids is 1. The summed E-state index contributed by atoms with van der Waals surface area (Å²) >= 11 is 0. The minimum absolute atomic E-state index is 0.0226. The molecule has 1 aromatic rings. The highest BCUT2D eigenvalue weighted by Gasteiger charge is 2.23. The molecule has 1 unspecified atom stereocenters. The molecule has 17 heavy (non-hydrogen) atoms. The molecule has 0 aliphatic heterocycles. The molecule has 7 heteroatoms. The molecule has 1 atom stereocenters. The smallest absolute Gasteiger partial charge is 0.339 e. The Morgan fingerprint density at radius 3 is 1.94 bits per heavy atom. The second-order valence-electron chi connectivity index (χ2n) is 3.90. The van der Waals surface area contributed by atoms with E-state index in [4.69, 9.17) is 5.11 Å². The fourth-order valence-electron chi connectivity index (χ4n) is 1.43. The van der Waals surface area contributed by atoms with Gasteiger partial charge in [-0.15, -0.1) is 0 Å². The Morgan fingerprint density at radius 2 is 1.65 bits per heavy atom. The van der Waals surface area contributed by atoms with Gasteiger partial charge in [-0.1, -0.05) is 0 Å². The van der Waals surface area contributed by atoms with Crippen LogP contribution in [0.15, 0.2) is 0 Å². The van der Waals surface area contributed by atoms with E-state index in [1.165, 1.54) is 20.8 Å². The zero-order valence-electron chi connectivity index (χ0n) is 10.1. The maximum absolute atomic E-state index is 11.4. The van der Waals surface area contributed by atoms with E-state index in [2.05, 4.69) is 9.97 Å². The summed E-state index contributed by atoms with van der Waals surface area (Å²) in [5.74, 6) is -0.981. The molecule has 0 saturated carbocycles. The number of aromatic carboxylic acids is 1. The Bertz CT molecular complexity index is 543. The summed E-state index contributed by atoms with van der Waals surface area (Å²) in [6.45, 7) is 4.53. The third-order valence-electron chi connectivity index (χ3n) is 2.51. The second-order valence-corrected chi connectivity index (χ2v) is 6.27. The van der Waals surface area contributed by atoms with Crippen LogP contribution in [0.25, 0.3) is 0 Å². The van der Waals surface area contributed by atoms with E-state index in [1.807, 2.05) is 0 Å². The molecule has 1 N–H and O–H groups in total. The van der Waals surface area contributed by atoms with Gasteiger partial charge in [0.25, 0.3) is 0 Å². The summed E-state index contributed by atoms with van der Waals surface area (Å²) in [4.78, 5) is 18.8. The molecule has 6 nitrogen and oxygen atoms in total. The highest BCUT2D eigenvalue weighted by Crippen LogP contribution is 2.19. The molecular formula is C10H14N2O4S. The SMILES string of the molecule is Cc1nc(C(C)S(C)(=O)=O)nc(C)c1C(=O)O. The number of nitrogens with zero attached hydrogens (tertiary/aromatic N) is 2. The van der Waals surface area contributed by atoms with Gasteiger partial charge >= 0.3 is 5.97 Å². The summed E-state index contributed by atoms with van der Waals surface area (Å²) in [5.41, 5.74) is 0.570. The average Bonchev–Trinajstić information content (AvgIpc) is 2.13. The number of rotatable bonds is 3. The van der Waals surface area contributed by atoms with Crippen LogP contribution in [0.3, 0.4) is 0 Å². The molecule has 0 aromatic carbocycles. The first kappa shape index (κ1) is 13.6. The first-order valence-corrected chi connectivity index (χ1v) is 6.87. The summed E-state index contributed by atoms with van der Waals surface area (Å²) < 4.78 is 22.8. The standard InChI is InChI=1S/C10H14N2O4S/c1-5-8(10(13)14)6(2)12-9(11-5)7(3)17(4,15)16/h7H,1-4H3,(H,13,14). The van der Waals surface area contributed by atoms with Crippen molar-refractivity contribution in [1.82, 2.24) is 9.97 Å². The van der Waals surface area contributed by atoms with Crippen molar-refractivity contribution < 1.29 is 18.3 Å². The molecule has 0 spiro atoms. The van der Waals surface area contributed by atoms with Crippen molar-refractivity contribution in [3.63, 3.8) is 0 Å². The van der Waals surface area contributed by atoms with Crippen molar-refractivity contribution in [3.8, 4) is 0 Å². The van der Waals surface area contributed by atoms with Gasteiger partial charge in [-0.2, -0.15) is 0 Å².